The molecule has 1 fully saturated rings. The van der Waals surface area contributed by atoms with Gasteiger partial charge in [-0.1, -0.05) is 37.5 Å². The third-order valence-corrected chi connectivity index (χ3v) is 4.68. The summed E-state index contributed by atoms with van der Waals surface area (Å²) in [6.07, 6.45) is 8.29. The van der Waals surface area contributed by atoms with Crippen molar-refractivity contribution in [2.45, 2.75) is 64.3 Å². The number of carbonyl (C=O) groups is 1. The van der Waals surface area contributed by atoms with Gasteiger partial charge in [-0.05, 0) is 25.7 Å². The van der Waals surface area contributed by atoms with Gasteiger partial charge in [0.1, 0.15) is 5.01 Å². The maximum Gasteiger partial charge on any atom is 0.229 e. The Morgan fingerprint density at radius 3 is 3.00 bits per heavy atom. The molecule has 1 aromatic rings. The average molecular weight is 296 g/mol. The lowest BCUT2D eigenvalue weighted by molar-refractivity contribution is -0.120. The highest BCUT2D eigenvalue weighted by Gasteiger charge is 2.25. The van der Waals surface area contributed by atoms with Crippen LogP contribution < -0.4 is 11.1 Å². The van der Waals surface area contributed by atoms with E-state index in [1.54, 1.807) is 0 Å². The predicted octanol–water partition coefficient (Wildman–Crippen LogP) is 2.73. The molecule has 112 valence electrons. The normalized spacial score (nSPS) is 22.7. The SMILES string of the molecule is CCCCCc1nnc(NC(=O)C2CCCC(N)C2)s1. The number of hydrogen-bond acceptors (Lipinski definition) is 5. The van der Waals surface area contributed by atoms with E-state index in [1.807, 2.05) is 0 Å². The monoisotopic (exact) mass is 296 g/mol. The van der Waals surface area contributed by atoms with Gasteiger partial charge in [-0.2, -0.15) is 0 Å². The summed E-state index contributed by atoms with van der Waals surface area (Å²) in [5.74, 6) is 0.0857. The summed E-state index contributed by atoms with van der Waals surface area (Å²) in [4.78, 5) is 12.2. The Labute approximate surface area is 124 Å². The van der Waals surface area contributed by atoms with Gasteiger partial charge in [0.05, 0.1) is 0 Å². The average Bonchev–Trinajstić information content (AvgIpc) is 2.86. The Hall–Kier alpha value is -1.01. The fraction of sp³-hybridized carbons (Fsp3) is 0.786. The van der Waals surface area contributed by atoms with Crippen molar-refractivity contribution >= 4 is 22.4 Å². The molecule has 1 aromatic heterocycles. The molecule has 0 saturated heterocycles. The zero-order valence-electron chi connectivity index (χ0n) is 12.1. The van der Waals surface area contributed by atoms with E-state index in [9.17, 15) is 4.79 Å². The summed E-state index contributed by atoms with van der Waals surface area (Å²) in [5, 5.41) is 12.7. The molecule has 0 radical (unpaired) electrons. The van der Waals surface area contributed by atoms with Crippen LogP contribution in [0.4, 0.5) is 5.13 Å². The van der Waals surface area contributed by atoms with E-state index in [0.29, 0.717) is 5.13 Å². The first-order valence-electron chi connectivity index (χ1n) is 7.58. The van der Waals surface area contributed by atoms with Crippen molar-refractivity contribution in [1.29, 1.82) is 0 Å². The molecule has 3 N–H and O–H groups in total. The molecule has 1 heterocycles. The smallest absolute Gasteiger partial charge is 0.229 e. The molecular weight excluding hydrogens is 272 g/mol. The quantitative estimate of drug-likeness (QED) is 0.791. The van der Waals surface area contributed by atoms with E-state index in [-0.39, 0.29) is 17.9 Å². The minimum Gasteiger partial charge on any atom is -0.328 e. The second-order valence-electron chi connectivity index (χ2n) is 5.57. The lowest BCUT2D eigenvalue weighted by Crippen LogP contribution is -2.34. The maximum absolute atomic E-state index is 12.2. The molecule has 20 heavy (non-hydrogen) atoms. The number of carbonyl (C=O) groups excluding carboxylic acids is 1. The Bertz CT molecular complexity index is 435. The van der Waals surface area contributed by atoms with Gasteiger partial charge in [0.15, 0.2) is 0 Å². The molecule has 2 rings (SSSR count). The zero-order chi connectivity index (χ0) is 14.4. The molecule has 0 aromatic carbocycles. The molecule has 2 atom stereocenters. The highest BCUT2D eigenvalue weighted by atomic mass is 32.1. The number of nitrogens with one attached hydrogen (secondary N) is 1. The van der Waals surface area contributed by atoms with Crippen LogP contribution in [0.25, 0.3) is 0 Å². The molecule has 1 saturated carbocycles. The highest BCUT2D eigenvalue weighted by molar-refractivity contribution is 7.15. The largest absolute Gasteiger partial charge is 0.328 e. The van der Waals surface area contributed by atoms with Crippen molar-refractivity contribution in [2.24, 2.45) is 11.7 Å². The molecule has 0 spiro atoms. The summed E-state index contributed by atoms with van der Waals surface area (Å²) in [6.45, 7) is 2.18. The van der Waals surface area contributed by atoms with Crippen molar-refractivity contribution in [3.05, 3.63) is 5.01 Å². The molecule has 5 nitrogen and oxygen atoms in total. The summed E-state index contributed by atoms with van der Waals surface area (Å²) in [6, 6.07) is 0.165. The summed E-state index contributed by atoms with van der Waals surface area (Å²) >= 11 is 1.49. The van der Waals surface area contributed by atoms with Crippen LogP contribution >= 0.6 is 11.3 Å². The Morgan fingerprint density at radius 2 is 2.25 bits per heavy atom. The van der Waals surface area contributed by atoms with Crippen molar-refractivity contribution < 1.29 is 4.79 Å². The molecule has 2 unspecified atom stereocenters. The van der Waals surface area contributed by atoms with Crippen LogP contribution in [0.2, 0.25) is 0 Å². The molecule has 1 amide bonds. The van der Waals surface area contributed by atoms with E-state index >= 15 is 0 Å². The first-order chi connectivity index (χ1) is 9.69. The van der Waals surface area contributed by atoms with Crippen molar-refractivity contribution in [3.63, 3.8) is 0 Å². The Morgan fingerprint density at radius 1 is 1.40 bits per heavy atom. The Kier molecular flexibility index (Phi) is 5.91. The topological polar surface area (TPSA) is 80.9 Å². The van der Waals surface area contributed by atoms with E-state index < -0.39 is 0 Å². The van der Waals surface area contributed by atoms with Gasteiger partial charge in [-0.25, -0.2) is 0 Å². The van der Waals surface area contributed by atoms with Crippen LogP contribution in [0.5, 0.6) is 0 Å². The van der Waals surface area contributed by atoms with E-state index in [0.717, 1.165) is 43.5 Å². The van der Waals surface area contributed by atoms with Gasteiger partial charge in [0.2, 0.25) is 11.0 Å². The van der Waals surface area contributed by atoms with E-state index in [1.165, 1.54) is 24.2 Å². The van der Waals surface area contributed by atoms with E-state index in [2.05, 4.69) is 22.4 Å². The Balaban J connectivity index is 1.81. The van der Waals surface area contributed by atoms with Crippen LogP contribution in [-0.4, -0.2) is 22.1 Å². The number of anilines is 1. The number of unbranched alkanes of at least 4 members (excludes halogenated alkanes) is 2. The van der Waals surface area contributed by atoms with Crippen molar-refractivity contribution in [2.75, 3.05) is 5.32 Å². The third kappa shape index (κ3) is 4.52. The van der Waals surface area contributed by atoms with Crippen LogP contribution in [0.3, 0.4) is 0 Å². The van der Waals surface area contributed by atoms with E-state index in [4.69, 9.17) is 5.73 Å². The number of rotatable bonds is 6. The molecule has 6 heteroatoms. The number of nitrogens with zero attached hydrogens (tertiary/aromatic N) is 2. The van der Waals surface area contributed by atoms with Crippen LogP contribution in [0, 0.1) is 5.92 Å². The fourth-order valence-corrected chi connectivity index (χ4v) is 3.39. The predicted molar refractivity (Wildman–Crippen MR) is 81.7 cm³/mol. The summed E-state index contributed by atoms with van der Waals surface area (Å²) in [7, 11) is 0. The summed E-state index contributed by atoms with van der Waals surface area (Å²) < 4.78 is 0. The second-order valence-corrected chi connectivity index (χ2v) is 6.63. The highest BCUT2D eigenvalue weighted by Crippen LogP contribution is 2.25. The number of aryl methyl sites for hydroxylation is 1. The molecule has 0 bridgehead atoms. The number of hydrogen-bond donors (Lipinski definition) is 2. The van der Waals surface area contributed by atoms with Gasteiger partial charge in [-0.3, -0.25) is 4.79 Å². The van der Waals surface area contributed by atoms with Crippen LogP contribution in [0.1, 0.15) is 56.9 Å². The second kappa shape index (κ2) is 7.69. The fourth-order valence-electron chi connectivity index (χ4n) is 2.60. The number of amides is 1. The van der Waals surface area contributed by atoms with Gasteiger partial charge < -0.3 is 11.1 Å². The molecule has 1 aliphatic carbocycles. The minimum absolute atomic E-state index is 0.0335. The molecule has 1 aliphatic rings. The standard InChI is InChI=1S/C14H24N4OS/c1-2-3-4-8-12-17-18-14(20-12)16-13(19)10-6-5-7-11(15)9-10/h10-11H,2-9,15H2,1H3,(H,16,18,19). The van der Waals surface area contributed by atoms with Crippen LogP contribution in [0.15, 0.2) is 0 Å². The minimum atomic E-state index is 0.0335. The van der Waals surface area contributed by atoms with Crippen molar-refractivity contribution in [1.82, 2.24) is 10.2 Å². The third-order valence-electron chi connectivity index (χ3n) is 3.78. The van der Waals surface area contributed by atoms with Crippen LogP contribution in [-0.2, 0) is 11.2 Å². The number of nitrogens with two attached hydrogens (primary N) is 1. The van der Waals surface area contributed by atoms with Gasteiger partial charge in [0.25, 0.3) is 0 Å². The first kappa shape index (κ1) is 15.4. The lowest BCUT2D eigenvalue weighted by atomic mass is 9.86. The maximum atomic E-state index is 12.2. The van der Waals surface area contributed by atoms with Gasteiger partial charge >= 0.3 is 0 Å². The summed E-state index contributed by atoms with van der Waals surface area (Å²) in [5.41, 5.74) is 5.92. The molecule has 0 aliphatic heterocycles. The van der Waals surface area contributed by atoms with Crippen molar-refractivity contribution in [3.8, 4) is 0 Å². The molecular formula is C14H24N4OS. The first-order valence-corrected chi connectivity index (χ1v) is 8.39. The lowest BCUT2D eigenvalue weighted by Gasteiger charge is -2.25. The van der Waals surface area contributed by atoms with Gasteiger partial charge in [0, 0.05) is 18.4 Å². The number of aromatic nitrogens is 2. The zero-order valence-corrected chi connectivity index (χ0v) is 12.9. The van der Waals surface area contributed by atoms with Gasteiger partial charge in [-0.15, -0.1) is 10.2 Å².